The Morgan fingerprint density at radius 3 is 1.08 bits per heavy atom. The molecule has 6 rings (SSSR count). The summed E-state index contributed by atoms with van der Waals surface area (Å²) in [5.74, 6) is 3.13. The third-order valence-corrected chi connectivity index (χ3v) is 9.76. The summed E-state index contributed by atoms with van der Waals surface area (Å²) in [4.78, 5) is 19.4. The van der Waals surface area contributed by atoms with Gasteiger partial charge >= 0.3 is 5.95 Å². The molecule has 0 amide bonds. The zero-order valence-electron chi connectivity index (χ0n) is 33.1. The maximum absolute atomic E-state index is 7.01. The number of hydrogen-bond donors (Lipinski definition) is 0. The largest absolute Gasteiger partial charge is 0.483 e. The predicted octanol–water partition coefficient (Wildman–Crippen LogP) is 13.1. The van der Waals surface area contributed by atoms with Gasteiger partial charge in [-0.2, -0.15) is 20.0 Å². The normalized spacial score (nSPS) is 13.9. The molecule has 274 valence electrons. The molecular weight excluding hydrogens is 661 g/mol. The van der Waals surface area contributed by atoms with Crippen molar-refractivity contribution >= 4 is 34.8 Å². The predicted molar refractivity (Wildman–Crippen MR) is 214 cm³/mol. The van der Waals surface area contributed by atoms with Crippen LogP contribution in [-0.2, 0) is 0 Å². The Labute approximate surface area is 314 Å². The summed E-state index contributed by atoms with van der Waals surface area (Å²) in [6, 6.07) is 22.6. The van der Waals surface area contributed by atoms with Gasteiger partial charge in [-0.1, -0.05) is 104 Å². The van der Waals surface area contributed by atoms with Gasteiger partial charge in [0.15, 0.2) is 23.9 Å². The number of aryl methyl sites for hydroxylation is 4. The molecule has 2 aliphatic heterocycles. The van der Waals surface area contributed by atoms with Crippen LogP contribution in [0.25, 0.3) is 0 Å². The van der Waals surface area contributed by atoms with E-state index in [0.29, 0.717) is 51.5 Å². The standard InChI is InChI=1S/C45H50N4O4/c1-24(2)32-17-13-28(9)41-37(32)46-22-48-39-34(26(5)6)19-15-30(11)43(39)52-45-36(21-50-41)51-42-29(10)14-18-33(25(3)4)38(42)47-23-49-40-35(27(7)8)20-16-31(12)44(40)53-45/h13-20,24-27H,21H2,1-12H3. The maximum atomic E-state index is 7.01. The lowest BCUT2D eigenvalue weighted by Gasteiger charge is -2.24. The van der Waals surface area contributed by atoms with Crippen molar-refractivity contribution in [3.05, 3.63) is 105 Å². The molecule has 0 bridgehead atoms. The van der Waals surface area contributed by atoms with Crippen LogP contribution < -0.4 is 18.9 Å². The molecule has 4 aromatic rings. The Bertz CT molecular complexity index is 2250. The van der Waals surface area contributed by atoms with Gasteiger partial charge in [-0.25, -0.2) is 0 Å². The number of ether oxygens (including phenoxy) is 4. The molecular formula is C45H50N4O4. The fourth-order valence-corrected chi connectivity index (χ4v) is 6.60. The molecule has 0 saturated carbocycles. The number of hydrogen-bond acceptors (Lipinski definition) is 8. The number of nitrogens with zero attached hydrogens (tertiary/aromatic N) is 4. The van der Waals surface area contributed by atoms with Gasteiger partial charge in [0.25, 0.3) is 0 Å². The quantitative estimate of drug-likeness (QED) is 0.211. The number of benzene rings is 4. The highest BCUT2D eigenvalue weighted by Gasteiger charge is 2.28. The first-order valence-electron chi connectivity index (χ1n) is 18.5. The zero-order chi connectivity index (χ0) is 38.1. The summed E-state index contributed by atoms with van der Waals surface area (Å²) in [6.45, 7) is 25.0. The molecule has 0 aliphatic carbocycles. The fourth-order valence-electron chi connectivity index (χ4n) is 6.60. The van der Waals surface area contributed by atoms with E-state index in [-0.39, 0.29) is 36.2 Å². The Morgan fingerprint density at radius 2 is 0.736 bits per heavy atom. The van der Waals surface area contributed by atoms with Gasteiger partial charge in [0.2, 0.25) is 5.76 Å². The molecule has 0 N–H and O–H groups in total. The summed E-state index contributed by atoms with van der Waals surface area (Å²) in [7, 11) is 0. The zero-order valence-corrected chi connectivity index (χ0v) is 33.1. The second-order valence-corrected chi connectivity index (χ2v) is 15.2. The van der Waals surface area contributed by atoms with E-state index in [4.69, 9.17) is 38.9 Å². The van der Waals surface area contributed by atoms with E-state index in [2.05, 4.69) is 97.7 Å². The molecule has 8 heteroatoms. The number of fused-ring (bicyclic) bond motifs is 4. The lowest BCUT2D eigenvalue weighted by atomic mass is 9.98. The molecule has 53 heavy (non-hydrogen) atoms. The van der Waals surface area contributed by atoms with Crippen LogP contribution in [0.5, 0.6) is 23.0 Å². The van der Waals surface area contributed by atoms with Crippen LogP contribution in [0.1, 0.15) is 124 Å². The highest BCUT2D eigenvalue weighted by molar-refractivity contribution is 5.74. The molecule has 2 aliphatic rings. The van der Waals surface area contributed by atoms with Gasteiger partial charge < -0.3 is 18.9 Å². The Balaban J connectivity index is 1.75. The highest BCUT2D eigenvalue weighted by atomic mass is 16.7. The molecule has 8 nitrogen and oxygen atoms in total. The van der Waals surface area contributed by atoms with E-state index in [1.54, 1.807) is 0 Å². The van der Waals surface area contributed by atoms with E-state index >= 15 is 0 Å². The number of aliphatic imine (C=N–C) groups is 4. The van der Waals surface area contributed by atoms with Gasteiger partial charge in [0.05, 0.1) is 0 Å². The second-order valence-electron chi connectivity index (χ2n) is 15.2. The van der Waals surface area contributed by atoms with Crippen molar-refractivity contribution in [2.75, 3.05) is 6.61 Å². The Morgan fingerprint density at radius 1 is 0.434 bits per heavy atom. The first-order valence-corrected chi connectivity index (χ1v) is 18.5. The smallest absolute Gasteiger partial charge is 0.334 e. The molecule has 0 spiro atoms. The summed E-state index contributed by atoms with van der Waals surface area (Å²) in [5.41, 5.74) is 10.0. The van der Waals surface area contributed by atoms with Crippen molar-refractivity contribution in [2.45, 2.75) is 107 Å². The van der Waals surface area contributed by atoms with E-state index in [1.165, 1.54) is 0 Å². The molecule has 2 heterocycles. The first kappa shape index (κ1) is 37.3. The third-order valence-electron chi connectivity index (χ3n) is 9.76. The fraction of sp³-hybridized carbons (Fsp3) is 0.378. The Kier molecular flexibility index (Phi) is 10.8. The van der Waals surface area contributed by atoms with Crippen LogP contribution in [0, 0.1) is 27.7 Å². The minimum atomic E-state index is -0.0523. The van der Waals surface area contributed by atoms with Crippen LogP contribution in [0.2, 0.25) is 0 Å². The van der Waals surface area contributed by atoms with Crippen molar-refractivity contribution in [1.82, 2.24) is 0 Å². The summed E-state index contributed by atoms with van der Waals surface area (Å²) < 4.78 is 27.7. The van der Waals surface area contributed by atoms with Crippen LogP contribution in [0.15, 0.2) is 80.2 Å². The molecule has 0 aromatic heterocycles. The van der Waals surface area contributed by atoms with Crippen LogP contribution in [0.4, 0.5) is 22.7 Å². The molecule has 0 atom stereocenters. The third kappa shape index (κ3) is 7.44. The monoisotopic (exact) mass is 710 g/mol. The van der Waals surface area contributed by atoms with Crippen molar-refractivity contribution < 1.29 is 18.9 Å². The molecule has 0 radical (unpaired) electrons. The van der Waals surface area contributed by atoms with Crippen molar-refractivity contribution in [1.29, 1.82) is 0 Å². The van der Waals surface area contributed by atoms with Gasteiger partial charge in [-0.05, 0) is 95.9 Å². The van der Waals surface area contributed by atoms with Crippen molar-refractivity contribution in [3.8, 4) is 23.0 Å². The molecule has 0 fully saturated rings. The lowest BCUT2D eigenvalue weighted by molar-refractivity contribution is 0.173. The lowest BCUT2D eigenvalue weighted by Crippen LogP contribution is -2.19. The average molecular weight is 711 g/mol. The van der Waals surface area contributed by atoms with E-state index in [9.17, 15) is 0 Å². The summed E-state index contributed by atoms with van der Waals surface area (Å²) in [6.07, 6.45) is 0. The van der Waals surface area contributed by atoms with Gasteiger partial charge in [-0.3, -0.25) is 0 Å². The summed E-state index contributed by atoms with van der Waals surface area (Å²) >= 11 is 0. The summed E-state index contributed by atoms with van der Waals surface area (Å²) in [5, 5.41) is 0. The van der Waals surface area contributed by atoms with Crippen molar-refractivity contribution in [2.24, 2.45) is 20.0 Å². The van der Waals surface area contributed by atoms with Crippen LogP contribution in [-0.4, -0.2) is 18.6 Å². The molecule has 4 aromatic carbocycles. The van der Waals surface area contributed by atoms with Crippen LogP contribution >= 0.6 is 0 Å². The van der Waals surface area contributed by atoms with Gasteiger partial charge in [-0.15, -0.1) is 0 Å². The van der Waals surface area contributed by atoms with E-state index in [1.807, 2.05) is 45.9 Å². The van der Waals surface area contributed by atoms with E-state index in [0.717, 1.165) is 44.5 Å². The maximum Gasteiger partial charge on any atom is 0.334 e. The topological polar surface area (TPSA) is 86.4 Å². The molecule has 0 saturated heterocycles. The molecule has 0 unspecified atom stereocenters. The first-order chi connectivity index (χ1) is 25.3. The average Bonchev–Trinajstić information content (AvgIpc) is 3.12. The van der Waals surface area contributed by atoms with E-state index < -0.39 is 0 Å². The minimum Gasteiger partial charge on any atom is -0.483 e. The highest BCUT2D eigenvalue weighted by Crippen LogP contribution is 2.46. The number of rotatable bonds is 4. The van der Waals surface area contributed by atoms with Gasteiger partial charge in [0.1, 0.15) is 40.5 Å². The second kappa shape index (κ2) is 15.3. The van der Waals surface area contributed by atoms with Crippen molar-refractivity contribution in [3.63, 3.8) is 0 Å². The van der Waals surface area contributed by atoms with Crippen LogP contribution in [0.3, 0.4) is 0 Å². The minimum absolute atomic E-state index is 0.0523. The van der Waals surface area contributed by atoms with Gasteiger partial charge in [0, 0.05) is 0 Å². The SMILES string of the molecule is Cc1ccc(C(C)C)c2c1OCC1=C(Oc3c(C)ccc(C(C)C)c3N=C=N2)Oc2c(C)ccc(C(C)C)c2N=C=Nc2c(C(C)C)ccc(C)c2O1. The Hall–Kier alpha value is -5.42.